The fraction of sp³-hybridized carbons (Fsp3) is 0. The Morgan fingerprint density at radius 2 is 0.933 bits per heavy atom. The van der Waals surface area contributed by atoms with E-state index in [9.17, 15) is 5.11 Å². The lowest BCUT2D eigenvalue weighted by atomic mass is 10.0. The van der Waals surface area contributed by atoms with Gasteiger partial charge in [0.1, 0.15) is 5.75 Å². The number of para-hydroxylation sites is 1. The lowest BCUT2D eigenvalue weighted by molar-refractivity contribution is 0.475. The Morgan fingerprint density at radius 3 is 1.50 bits per heavy atom. The normalized spacial score (nSPS) is 10.8. The van der Waals surface area contributed by atoms with Crippen molar-refractivity contribution in [1.82, 2.24) is 4.57 Å². The van der Waals surface area contributed by atoms with Crippen LogP contribution in [0.5, 0.6) is 5.75 Å². The summed E-state index contributed by atoms with van der Waals surface area (Å²) in [5.74, 6) is 0.271. The predicted molar refractivity (Wildman–Crippen MR) is 124 cm³/mol. The average molecular weight is 387 g/mol. The van der Waals surface area contributed by atoms with Crippen molar-refractivity contribution in [2.24, 2.45) is 0 Å². The molecule has 144 valence electrons. The van der Waals surface area contributed by atoms with Crippen molar-refractivity contribution in [1.29, 1.82) is 0 Å². The molecule has 0 amide bonds. The average Bonchev–Trinajstić information content (AvgIpc) is 3.26. The minimum Gasteiger partial charge on any atom is -0.508 e. The van der Waals surface area contributed by atoms with Gasteiger partial charge in [-0.2, -0.15) is 0 Å². The molecule has 0 bridgehead atoms. The molecule has 0 spiro atoms. The Morgan fingerprint density at radius 1 is 0.433 bits per heavy atom. The van der Waals surface area contributed by atoms with Gasteiger partial charge in [-0.3, -0.25) is 0 Å². The van der Waals surface area contributed by atoms with E-state index >= 15 is 0 Å². The van der Waals surface area contributed by atoms with Gasteiger partial charge in [-0.25, -0.2) is 0 Å². The van der Waals surface area contributed by atoms with Crippen molar-refractivity contribution >= 4 is 0 Å². The molecule has 1 N–H and O–H groups in total. The van der Waals surface area contributed by atoms with Crippen LogP contribution >= 0.6 is 0 Å². The summed E-state index contributed by atoms with van der Waals surface area (Å²) in [6.07, 6.45) is 0. The molecular formula is C28H21NO. The SMILES string of the molecule is Oc1ccc(-c2ccccc2-n2c(-c3ccccc3)ccc2-c2ccccc2)cc1. The molecule has 0 unspecified atom stereocenters. The number of aromatic hydroxyl groups is 1. The summed E-state index contributed by atoms with van der Waals surface area (Å²) >= 11 is 0. The third-order valence-electron chi connectivity index (χ3n) is 5.34. The van der Waals surface area contributed by atoms with Gasteiger partial charge in [-0.1, -0.05) is 91.0 Å². The Kier molecular flexibility index (Phi) is 4.66. The van der Waals surface area contributed by atoms with E-state index in [0.717, 1.165) is 28.2 Å². The fourth-order valence-electron chi connectivity index (χ4n) is 3.92. The molecule has 0 aliphatic heterocycles. The number of nitrogens with zero attached hydrogens (tertiary/aromatic N) is 1. The number of aromatic nitrogens is 1. The molecular weight excluding hydrogens is 366 g/mol. The summed E-state index contributed by atoms with van der Waals surface area (Å²) in [4.78, 5) is 0. The summed E-state index contributed by atoms with van der Waals surface area (Å²) in [6, 6.07) is 41.1. The molecule has 1 heterocycles. The van der Waals surface area contributed by atoms with Crippen LogP contribution in [0.3, 0.4) is 0 Å². The van der Waals surface area contributed by atoms with Crippen molar-refractivity contribution in [2.75, 3.05) is 0 Å². The number of phenols is 1. The van der Waals surface area contributed by atoms with E-state index in [2.05, 4.69) is 89.5 Å². The number of phenolic OH excluding ortho intramolecular Hbond substituents is 1. The van der Waals surface area contributed by atoms with Crippen molar-refractivity contribution in [3.05, 3.63) is 121 Å². The predicted octanol–water partition coefficient (Wildman–Crippen LogP) is 7.18. The number of benzene rings is 4. The Balaban J connectivity index is 1.79. The fourth-order valence-corrected chi connectivity index (χ4v) is 3.92. The molecule has 30 heavy (non-hydrogen) atoms. The van der Waals surface area contributed by atoms with Gasteiger partial charge in [0.2, 0.25) is 0 Å². The Labute approximate surface area is 176 Å². The number of hydrogen-bond donors (Lipinski definition) is 1. The van der Waals surface area contributed by atoms with Gasteiger partial charge in [0, 0.05) is 5.56 Å². The second kappa shape index (κ2) is 7.76. The van der Waals surface area contributed by atoms with E-state index in [1.165, 1.54) is 11.1 Å². The first kappa shape index (κ1) is 18.0. The highest BCUT2D eigenvalue weighted by molar-refractivity contribution is 5.80. The lowest BCUT2D eigenvalue weighted by Gasteiger charge is -2.18. The van der Waals surface area contributed by atoms with Crippen molar-refractivity contribution in [3.8, 4) is 45.1 Å². The second-order valence-corrected chi connectivity index (χ2v) is 7.24. The van der Waals surface area contributed by atoms with Gasteiger partial charge < -0.3 is 9.67 Å². The Hall–Kier alpha value is -4.04. The standard InChI is InChI=1S/C28H21NO/c30-24-17-15-21(16-18-24)25-13-7-8-14-28(25)29-26(22-9-3-1-4-10-22)19-20-27(29)23-11-5-2-6-12-23/h1-20,30H. The van der Waals surface area contributed by atoms with Gasteiger partial charge in [0.05, 0.1) is 17.1 Å². The summed E-state index contributed by atoms with van der Waals surface area (Å²) in [6.45, 7) is 0. The molecule has 5 aromatic rings. The highest BCUT2D eigenvalue weighted by atomic mass is 16.3. The maximum atomic E-state index is 9.74. The number of hydrogen-bond acceptors (Lipinski definition) is 1. The molecule has 5 rings (SSSR count). The molecule has 0 radical (unpaired) electrons. The molecule has 4 aromatic carbocycles. The van der Waals surface area contributed by atoms with Crippen LogP contribution < -0.4 is 0 Å². The third-order valence-corrected chi connectivity index (χ3v) is 5.34. The maximum absolute atomic E-state index is 9.74. The molecule has 0 saturated heterocycles. The van der Waals surface area contributed by atoms with Crippen molar-refractivity contribution in [3.63, 3.8) is 0 Å². The molecule has 1 aromatic heterocycles. The first-order valence-electron chi connectivity index (χ1n) is 10.0. The largest absolute Gasteiger partial charge is 0.508 e. The zero-order chi connectivity index (χ0) is 20.3. The molecule has 0 atom stereocenters. The zero-order valence-electron chi connectivity index (χ0n) is 16.4. The topological polar surface area (TPSA) is 25.2 Å². The van der Waals surface area contributed by atoms with E-state index in [0.29, 0.717) is 0 Å². The van der Waals surface area contributed by atoms with Crippen LogP contribution in [0.2, 0.25) is 0 Å². The molecule has 0 aliphatic carbocycles. The lowest BCUT2D eigenvalue weighted by Crippen LogP contribution is -2.01. The van der Waals surface area contributed by atoms with Crippen LogP contribution in [-0.2, 0) is 0 Å². The summed E-state index contributed by atoms with van der Waals surface area (Å²) in [7, 11) is 0. The Bertz CT molecular complexity index is 1210. The molecule has 0 saturated carbocycles. The summed E-state index contributed by atoms with van der Waals surface area (Å²) < 4.78 is 2.33. The van der Waals surface area contributed by atoms with Crippen LogP contribution in [0.15, 0.2) is 121 Å². The van der Waals surface area contributed by atoms with E-state index in [4.69, 9.17) is 0 Å². The molecule has 0 fully saturated rings. The third kappa shape index (κ3) is 3.29. The van der Waals surface area contributed by atoms with Gasteiger partial charge in [0.25, 0.3) is 0 Å². The van der Waals surface area contributed by atoms with Gasteiger partial charge in [-0.05, 0) is 47.0 Å². The molecule has 2 heteroatoms. The van der Waals surface area contributed by atoms with Gasteiger partial charge in [0.15, 0.2) is 0 Å². The maximum Gasteiger partial charge on any atom is 0.115 e. The van der Waals surface area contributed by atoms with Gasteiger partial charge in [-0.15, -0.1) is 0 Å². The minimum atomic E-state index is 0.271. The zero-order valence-corrected chi connectivity index (χ0v) is 16.4. The van der Waals surface area contributed by atoms with Crippen LogP contribution in [-0.4, -0.2) is 9.67 Å². The second-order valence-electron chi connectivity index (χ2n) is 7.24. The van der Waals surface area contributed by atoms with E-state index < -0.39 is 0 Å². The summed E-state index contributed by atoms with van der Waals surface area (Å²) in [5.41, 5.74) is 7.89. The molecule has 2 nitrogen and oxygen atoms in total. The van der Waals surface area contributed by atoms with E-state index in [-0.39, 0.29) is 5.75 Å². The first-order chi connectivity index (χ1) is 14.8. The molecule has 0 aliphatic rings. The summed E-state index contributed by atoms with van der Waals surface area (Å²) in [5, 5.41) is 9.74. The van der Waals surface area contributed by atoms with Crippen molar-refractivity contribution < 1.29 is 5.11 Å². The van der Waals surface area contributed by atoms with E-state index in [1.807, 2.05) is 24.3 Å². The first-order valence-corrected chi connectivity index (χ1v) is 10.0. The highest BCUT2D eigenvalue weighted by Gasteiger charge is 2.16. The van der Waals surface area contributed by atoms with Crippen LogP contribution in [0.1, 0.15) is 0 Å². The number of rotatable bonds is 4. The van der Waals surface area contributed by atoms with Crippen LogP contribution in [0.4, 0.5) is 0 Å². The van der Waals surface area contributed by atoms with Gasteiger partial charge >= 0.3 is 0 Å². The van der Waals surface area contributed by atoms with Crippen molar-refractivity contribution in [2.45, 2.75) is 0 Å². The minimum absolute atomic E-state index is 0.271. The van der Waals surface area contributed by atoms with Crippen LogP contribution in [0.25, 0.3) is 39.3 Å². The quantitative estimate of drug-likeness (QED) is 0.347. The smallest absolute Gasteiger partial charge is 0.115 e. The highest BCUT2D eigenvalue weighted by Crippen LogP contribution is 2.36. The van der Waals surface area contributed by atoms with Crippen LogP contribution in [0, 0.1) is 0 Å². The van der Waals surface area contributed by atoms with E-state index in [1.54, 1.807) is 12.1 Å². The monoisotopic (exact) mass is 387 g/mol.